The maximum Gasteiger partial charge on any atom is 0.326 e. The fourth-order valence-electron chi connectivity index (χ4n) is 5.08. The Morgan fingerprint density at radius 3 is 1.61 bits per heavy atom. The number of nitrogens with two attached hydrogens (primary N) is 2. The van der Waals surface area contributed by atoms with Gasteiger partial charge in [-0.2, -0.15) is 0 Å². The summed E-state index contributed by atoms with van der Waals surface area (Å²) in [5.41, 5.74) is 13.6. The van der Waals surface area contributed by atoms with E-state index in [4.69, 9.17) is 11.5 Å². The number of carboxylic acid groups (broad SMARTS) is 1. The smallest absolute Gasteiger partial charge is 0.326 e. The number of benzene rings is 2. The van der Waals surface area contributed by atoms with Crippen LogP contribution in [0, 0.1) is 5.92 Å². The number of aliphatic carboxylic acids is 1. The van der Waals surface area contributed by atoms with E-state index in [1.165, 1.54) is 12.5 Å². The average Bonchev–Trinajstić information content (AvgIpc) is 3.60. The summed E-state index contributed by atoms with van der Waals surface area (Å²) < 4.78 is 0. The van der Waals surface area contributed by atoms with E-state index in [2.05, 4.69) is 31.2 Å². The molecule has 1 heterocycles. The molecule has 10 N–H and O–H groups in total. The van der Waals surface area contributed by atoms with Crippen LogP contribution in [0.15, 0.2) is 73.2 Å². The van der Waals surface area contributed by atoms with Crippen LogP contribution in [0.3, 0.4) is 0 Å². The van der Waals surface area contributed by atoms with Crippen LogP contribution in [-0.2, 0) is 43.2 Å². The van der Waals surface area contributed by atoms with Crippen LogP contribution >= 0.6 is 0 Å². The number of imidazole rings is 1. The van der Waals surface area contributed by atoms with Gasteiger partial charge in [-0.1, -0.05) is 74.5 Å². The van der Waals surface area contributed by atoms with Crippen molar-refractivity contribution in [2.75, 3.05) is 6.54 Å². The van der Waals surface area contributed by atoms with Crippen molar-refractivity contribution in [2.45, 2.75) is 82.6 Å². The van der Waals surface area contributed by atoms with Gasteiger partial charge in [-0.25, -0.2) is 9.78 Å². The average molecular weight is 677 g/mol. The van der Waals surface area contributed by atoms with Crippen LogP contribution in [0.1, 0.15) is 49.9 Å². The van der Waals surface area contributed by atoms with E-state index in [-0.39, 0.29) is 31.6 Å². The maximum atomic E-state index is 14.0. The van der Waals surface area contributed by atoms with Crippen LogP contribution in [-0.4, -0.2) is 81.4 Å². The Morgan fingerprint density at radius 2 is 1.18 bits per heavy atom. The third kappa shape index (κ3) is 12.8. The summed E-state index contributed by atoms with van der Waals surface area (Å²) in [6, 6.07) is 12.4. The molecule has 0 saturated carbocycles. The second-order valence-electron chi connectivity index (χ2n) is 12.3. The van der Waals surface area contributed by atoms with E-state index in [1.54, 1.807) is 62.4 Å². The van der Waals surface area contributed by atoms with Crippen LogP contribution in [0.2, 0.25) is 0 Å². The summed E-state index contributed by atoms with van der Waals surface area (Å²) in [5, 5.41) is 20.6. The van der Waals surface area contributed by atoms with E-state index in [1.807, 2.05) is 12.1 Å². The summed E-state index contributed by atoms with van der Waals surface area (Å²) >= 11 is 0. The number of hydrogen-bond donors (Lipinski definition) is 8. The van der Waals surface area contributed by atoms with Crippen LogP contribution < -0.4 is 32.7 Å². The molecule has 3 aromatic rings. The second kappa shape index (κ2) is 19.7. The minimum Gasteiger partial charge on any atom is -0.480 e. The van der Waals surface area contributed by atoms with Crippen molar-refractivity contribution in [3.63, 3.8) is 0 Å². The number of H-pyrrole nitrogens is 1. The number of nitrogens with zero attached hydrogens (tertiary/aromatic N) is 1. The zero-order valence-corrected chi connectivity index (χ0v) is 27.9. The molecular formula is C35H48N8O6. The van der Waals surface area contributed by atoms with Gasteiger partial charge in [0, 0.05) is 31.2 Å². The molecule has 0 radical (unpaired) electrons. The van der Waals surface area contributed by atoms with Crippen molar-refractivity contribution in [3.05, 3.63) is 90.0 Å². The van der Waals surface area contributed by atoms with Crippen molar-refractivity contribution >= 4 is 29.6 Å². The van der Waals surface area contributed by atoms with Gasteiger partial charge in [-0.3, -0.25) is 19.2 Å². The molecule has 4 amide bonds. The lowest BCUT2D eigenvalue weighted by molar-refractivity contribution is -0.142. The van der Waals surface area contributed by atoms with Gasteiger partial charge >= 0.3 is 5.97 Å². The highest BCUT2D eigenvalue weighted by Gasteiger charge is 2.32. The third-order valence-corrected chi connectivity index (χ3v) is 8.03. The highest BCUT2D eigenvalue weighted by atomic mass is 16.4. The fourth-order valence-corrected chi connectivity index (χ4v) is 5.08. The van der Waals surface area contributed by atoms with Crippen molar-refractivity contribution in [3.8, 4) is 0 Å². The quantitative estimate of drug-likeness (QED) is 0.0781. The molecule has 0 aliphatic rings. The number of unbranched alkanes of at least 4 members (excludes halogenated alkanes) is 1. The first kappa shape index (κ1) is 38.4. The predicted octanol–water partition coefficient (Wildman–Crippen LogP) is 0.574. The molecule has 0 aliphatic carbocycles. The number of aromatic amines is 1. The topological polar surface area (TPSA) is 234 Å². The van der Waals surface area contributed by atoms with Gasteiger partial charge in [0.2, 0.25) is 23.6 Å². The van der Waals surface area contributed by atoms with Crippen molar-refractivity contribution in [1.82, 2.24) is 31.2 Å². The second-order valence-corrected chi connectivity index (χ2v) is 12.3. The number of amides is 4. The first-order chi connectivity index (χ1) is 23.5. The number of nitrogens with one attached hydrogen (secondary N) is 5. The van der Waals surface area contributed by atoms with E-state index in [0.717, 1.165) is 11.1 Å². The zero-order chi connectivity index (χ0) is 35.8. The molecule has 14 heteroatoms. The molecule has 2 aromatic carbocycles. The Morgan fingerprint density at radius 1 is 0.714 bits per heavy atom. The summed E-state index contributed by atoms with van der Waals surface area (Å²) in [6.07, 6.45) is 4.39. The lowest BCUT2D eigenvalue weighted by Crippen LogP contribution is -2.59. The molecule has 0 unspecified atom stereocenters. The standard InChI is InChI=1S/C35H48N8O6/c1-22(2)30(37)34(47)43-29(19-25-20-38-21-39-25)33(46)42-28(18-24-13-7-4-8-14-24)32(45)41-27(17-23-11-5-3-6-12-23)31(44)40-26(35(48)49)15-9-10-16-36/h3-8,11-14,20-22,26-30H,9-10,15-19,36-37H2,1-2H3,(H,38,39)(H,40,44)(H,41,45)(H,42,46)(H,43,47)(H,48,49)/t26-,27-,28-,29-,30-/m0/s1. The van der Waals surface area contributed by atoms with Crippen LogP contribution in [0.25, 0.3) is 0 Å². The van der Waals surface area contributed by atoms with Crippen molar-refractivity contribution in [2.24, 2.45) is 17.4 Å². The number of carbonyl (C=O) groups is 5. The molecule has 5 atom stereocenters. The Hall–Kier alpha value is -5.08. The molecule has 264 valence electrons. The molecule has 0 fully saturated rings. The van der Waals surface area contributed by atoms with Crippen LogP contribution in [0.4, 0.5) is 0 Å². The van der Waals surface area contributed by atoms with Crippen molar-refractivity contribution in [1.29, 1.82) is 0 Å². The lowest BCUT2D eigenvalue weighted by Gasteiger charge is -2.27. The number of carboxylic acids is 1. The number of rotatable bonds is 20. The van der Waals surface area contributed by atoms with E-state index in [9.17, 15) is 29.1 Å². The van der Waals surface area contributed by atoms with E-state index in [0.29, 0.717) is 25.1 Å². The normalized spacial score (nSPS) is 14.1. The Kier molecular flexibility index (Phi) is 15.4. The largest absolute Gasteiger partial charge is 0.480 e. The summed E-state index contributed by atoms with van der Waals surface area (Å²) in [5.74, 6) is -3.93. The highest BCUT2D eigenvalue weighted by molar-refractivity contribution is 5.95. The SMILES string of the molecule is CC(C)[C@H](N)C(=O)N[C@@H](Cc1cnc[nH]1)C(=O)N[C@@H](Cc1ccccc1)C(=O)N[C@@H](Cc1ccccc1)C(=O)N[C@@H](CCCCN)C(=O)O. The van der Waals surface area contributed by atoms with Gasteiger partial charge < -0.3 is 42.8 Å². The molecule has 14 nitrogen and oxygen atoms in total. The van der Waals surface area contributed by atoms with Crippen LogP contribution in [0.5, 0.6) is 0 Å². The van der Waals surface area contributed by atoms with Gasteiger partial charge in [0.1, 0.15) is 24.2 Å². The van der Waals surface area contributed by atoms with Gasteiger partial charge in [-0.15, -0.1) is 0 Å². The van der Waals surface area contributed by atoms with Gasteiger partial charge in [0.15, 0.2) is 0 Å². The van der Waals surface area contributed by atoms with Gasteiger partial charge in [0.25, 0.3) is 0 Å². The predicted molar refractivity (Wildman–Crippen MR) is 184 cm³/mol. The first-order valence-electron chi connectivity index (χ1n) is 16.4. The Bertz CT molecular complexity index is 1490. The fraction of sp³-hybridized carbons (Fsp3) is 0.429. The minimum atomic E-state index is -1.20. The number of hydrogen-bond acceptors (Lipinski definition) is 8. The zero-order valence-electron chi connectivity index (χ0n) is 27.9. The molecular weight excluding hydrogens is 628 g/mol. The molecule has 1 aromatic heterocycles. The summed E-state index contributed by atoms with van der Waals surface area (Å²) in [7, 11) is 0. The first-order valence-corrected chi connectivity index (χ1v) is 16.4. The number of aromatic nitrogens is 2. The monoisotopic (exact) mass is 676 g/mol. The van der Waals surface area contributed by atoms with E-state index >= 15 is 0 Å². The summed E-state index contributed by atoms with van der Waals surface area (Å²) in [4.78, 5) is 73.3. The minimum absolute atomic E-state index is 0.0435. The maximum absolute atomic E-state index is 14.0. The Labute approximate surface area is 286 Å². The molecule has 3 rings (SSSR count). The van der Waals surface area contributed by atoms with Crippen molar-refractivity contribution < 1.29 is 29.1 Å². The van der Waals surface area contributed by atoms with Gasteiger partial charge in [0.05, 0.1) is 12.4 Å². The number of carbonyl (C=O) groups excluding carboxylic acids is 4. The molecule has 0 aliphatic heterocycles. The molecule has 0 bridgehead atoms. The summed E-state index contributed by atoms with van der Waals surface area (Å²) in [6.45, 7) is 3.96. The third-order valence-electron chi connectivity index (χ3n) is 8.03. The van der Waals surface area contributed by atoms with E-state index < -0.39 is 59.8 Å². The molecule has 0 spiro atoms. The highest BCUT2D eigenvalue weighted by Crippen LogP contribution is 2.10. The van der Waals surface area contributed by atoms with Gasteiger partial charge in [-0.05, 0) is 42.9 Å². The molecule has 0 saturated heterocycles. The Balaban J connectivity index is 1.89. The molecule has 49 heavy (non-hydrogen) atoms. The lowest BCUT2D eigenvalue weighted by atomic mass is 10.0.